The van der Waals surface area contributed by atoms with Crippen molar-refractivity contribution in [2.75, 3.05) is 26.7 Å². The predicted octanol–water partition coefficient (Wildman–Crippen LogP) is 2.62. The Kier molecular flexibility index (Phi) is 3.71. The molecule has 1 saturated carbocycles. The van der Waals surface area contributed by atoms with E-state index in [9.17, 15) is 13.6 Å². The molecule has 0 N–H and O–H groups in total. The van der Waals surface area contributed by atoms with Gasteiger partial charge in [0.15, 0.2) is 0 Å². The molecular weight excluding hydrogens is 286 g/mol. The molecule has 0 radical (unpaired) electrons. The molecule has 1 heterocycles. The van der Waals surface area contributed by atoms with Gasteiger partial charge in [-0.1, -0.05) is 6.07 Å². The summed E-state index contributed by atoms with van der Waals surface area (Å²) < 4.78 is 27.7. The number of hydrogen-bond donors (Lipinski definition) is 0. The molecule has 1 amide bonds. The van der Waals surface area contributed by atoms with E-state index in [2.05, 4.69) is 4.90 Å². The lowest BCUT2D eigenvalue weighted by Gasteiger charge is -2.46. The molecule has 5 heteroatoms. The molecule has 1 aliphatic heterocycles. The van der Waals surface area contributed by atoms with E-state index in [4.69, 9.17) is 0 Å². The number of benzene rings is 1. The summed E-state index contributed by atoms with van der Waals surface area (Å²) in [5.41, 5.74) is -0.168. The number of carbonyl (C=O) groups excluding carboxylic acids is 1. The molecule has 2 atom stereocenters. The maximum atomic E-state index is 13.9. The van der Waals surface area contributed by atoms with E-state index in [0.717, 1.165) is 13.1 Å². The second-order valence-electron chi connectivity index (χ2n) is 7.12. The number of rotatable bonds is 2. The summed E-state index contributed by atoms with van der Waals surface area (Å²) in [6, 6.07) is 3.88. The molecule has 1 saturated heterocycles. The van der Waals surface area contributed by atoms with Crippen molar-refractivity contribution in [3.63, 3.8) is 0 Å². The van der Waals surface area contributed by atoms with Crippen molar-refractivity contribution in [2.24, 2.45) is 5.92 Å². The van der Waals surface area contributed by atoms with Crippen LogP contribution in [0.25, 0.3) is 0 Å². The first kappa shape index (κ1) is 15.4. The third kappa shape index (κ3) is 2.62. The Bertz CT molecular complexity index is 582. The molecule has 0 aromatic heterocycles. The van der Waals surface area contributed by atoms with E-state index in [-0.39, 0.29) is 28.8 Å². The Labute approximate surface area is 129 Å². The number of piperazine rings is 1. The Morgan fingerprint density at radius 1 is 1.23 bits per heavy atom. The average molecular weight is 308 g/mol. The topological polar surface area (TPSA) is 23.6 Å². The lowest BCUT2D eigenvalue weighted by Crippen LogP contribution is -2.60. The number of carbonyl (C=O) groups is 1. The van der Waals surface area contributed by atoms with Crippen LogP contribution in [0.5, 0.6) is 0 Å². The fraction of sp³-hybridized carbons (Fsp3) is 0.588. The highest BCUT2D eigenvalue weighted by atomic mass is 19.1. The second-order valence-corrected chi connectivity index (χ2v) is 7.12. The highest BCUT2D eigenvalue weighted by Crippen LogP contribution is 2.50. The van der Waals surface area contributed by atoms with Crippen molar-refractivity contribution in [3.8, 4) is 0 Å². The van der Waals surface area contributed by atoms with Gasteiger partial charge in [-0.25, -0.2) is 8.78 Å². The average Bonchev–Trinajstić information content (AvgIpc) is 3.17. The molecule has 2 aliphatic rings. The van der Waals surface area contributed by atoms with E-state index in [0.29, 0.717) is 13.0 Å². The van der Waals surface area contributed by atoms with E-state index in [1.54, 1.807) is 0 Å². The van der Waals surface area contributed by atoms with Crippen LogP contribution in [0.2, 0.25) is 0 Å². The van der Waals surface area contributed by atoms with Gasteiger partial charge in [-0.2, -0.15) is 0 Å². The summed E-state index contributed by atoms with van der Waals surface area (Å²) in [4.78, 5) is 16.8. The number of nitrogens with zero attached hydrogens (tertiary/aromatic N) is 2. The van der Waals surface area contributed by atoms with Crippen LogP contribution in [-0.4, -0.2) is 47.9 Å². The third-order valence-corrected chi connectivity index (χ3v) is 4.84. The fourth-order valence-electron chi connectivity index (χ4n) is 3.66. The largest absolute Gasteiger partial charge is 0.335 e. The Morgan fingerprint density at radius 2 is 1.86 bits per heavy atom. The monoisotopic (exact) mass is 308 g/mol. The summed E-state index contributed by atoms with van der Waals surface area (Å²) in [6.45, 7) is 6.40. The number of hydrogen-bond acceptors (Lipinski definition) is 2. The van der Waals surface area contributed by atoms with Crippen LogP contribution in [0.1, 0.15) is 31.7 Å². The van der Waals surface area contributed by atoms with Crippen molar-refractivity contribution in [1.29, 1.82) is 0 Å². The van der Waals surface area contributed by atoms with Gasteiger partial charge in [0.25, 0.3) is 0 Å². The van der Waals surface area contributed by atoms with Crippen LogP contribution in [0.4, 0.5) is 8.78 Å². The minimum atomic E-state index is -0.544. The summed E-state index contributed by atoms with van der Waals surface area (Å²) in [5.74, 6) is -1.65. The summed E-state index contributed by atoms with van der Waals surface area (Å²) in [7, 11) is 2.04. The van der Waals surface area contributed by atoms with Gasteiger partial charge in [-0.3, -0.25) is 4.79 Å². The molecule has 3 rings (SSSR count). The molecule has 2 unspecified atom stereocenters. The first-order valence-electron chi connectivity index (χ1n) is 7.75. The molecule has 22 heavy (non-hydrogen) atoms. The van der Waals surface area contributed by atoms with Gasteiger partial charge >= 0.3 is 0 Å². The van der Waals surface area contributed by atoms with E-state index >= 15 is 0 Å². The van der Waals surface area contributed by atoms with Gasteiger partial charge in [-0.05, 0) is 39.4 Å². The molecule has 1 aromatic carbocycles. The first-order valence-corrected chi connectivity index (χ1v) is 7.75. The van der Waals surface area contributed by atoms with Gasteiger partial charge < -0.3 is 9.80 Å². The van der Waals surface area contributed by atoms with Crippen LogP contribution in [0.15, 0.2) is 18.2 Å². The molecule has 2 fully saturated rings. The Balaban J connectivity index is 1.76. The maximum Gasteiger partial charge on any atom is 0.226 e. The standard InChI is InChI=1S/C17H22F2N2O/c1-17(2)10-20(3)7-8-21(17)16(22)12-9-11(12)15-13(18)5-4-6-14(15)19/h4-6,11-12H,7-10H2,1-3H3. The normalized spacial score (nSPS) is 27.8. The Hall–Kier alpha value is -1.49. The van der Waals surface area contributed by atoms with Crippen molar-refractivity contribution in [3.05, 3.63) is 35.4 Å². The fourth-order valence-corrected chi connectivity index (χ4v) is 3.66. The predicted molar refractivity (Wildman–Crippen MR) is 80.5 cm³/mol. The van der Waals surface area contributed by atoms with Crippen LogP contribution in [-0.2, 0) is 4.79 Å². The van der Waals surface area contributed by atoms with Gasteiger partial charge in [0.05, 0.1) is 0 Å². The number of halogens is 2. The lowest BCUT2D eigenvalue weighted by molar-refractivity contribution is -0.141. The molecule has 3 nitrogen and oxygen atoms in total. The second kappa shape index (κ2) is 5.30. The van der Waals surface area contributed by atoms with E-state index in [1.165, 1.54) is 18.2 Å². The van der Waals surface area contributed by atoms with Crippen molar-refractivity contribution >= 4 is 5.91 Å². The molecule has 1 aliphatic carbocycles. The van der Waals surface area contributed by atoms with Gasteiger partial charge in [0.1, 0.15) is 11.6 Å². The molecular formula is C17H22F2N2O. The van der Waals surface area contributed by atoms with Crippen molar-refractivity contribution in [1.82, 2.24) is 9.80 Å². The van der Waals surface area contributed by atoms with Crippen molar-refractivity contribution < 1.29 is 13.6 Å². The van der Waals surface area contributed by atoms with Gasteiger partial charge in [0, 0.05) is 42.6 Å². The maximum absolute atomic E-state index is 13.9. The summed E-state index contributed by atoms with van der Waals surface area (Å²) >= 11 is 0. The van der Waals surface area contributed by atoms with Crippen LogP contribution >= 0.6 is 0 Å². The van der Waals surface area contributed by atoms with Gasteiger partial charge in [0.2, 0.25) is 5.91 Å². The molecule has 0 bridgehead atoms. The Morgan fingerprint density at radius 3 is 2.45 bits per heavy atom. The number of amides is 1. The molecule has 0 spiro atoms. The smallest absolute Gasteiger partial charge is 0.226 e. The van der Waals surface area contributed by atoms with Crippen LogP contribution in [0, 0.1) is 17.6 Å². The minimum Gasteiger partial charge on any atom is -0.335 e. The zero-order chi connectivity index (χ0) is 16.1. The minimum absolute atomic E-state index is 0.0331. The zero-order valence-corrected chi connectivity index (χ0v) is 13.3. The highest BCUT2D eigenvalue weighted by Gasteiger charge is 2.50. The van der Waals surface area contributed by atoms with Crippen LogP contribution in [0.3, 0.4) is 0 Å². The van der Waals surface area contributed by atoms with E-state index < -0.39 is 11.6 Å². The van der Waals surface area contributed by atoms with E-state index in [1.807, 2.05) is 25.8 Å². The number of likely N-dealkylation sites (N-methyl/N-ethyl adjacent to an activating group) is 1. The molecule has 1 aromatic rings. The first-order chi connectivity index (χ1) is 10.3. The highest BCUT2D eigenvalue weighted by molar-refractivity contribution is 5.84. The third-order valence-electron chi connectivity index (χ3n) is 4.84. The summed E-state index contributed by atoms with van der Waals surface area (Å²) in [6.07, 6.45) is 0.541. The molecule has 120 valence electrons. The van der Waals surface area contributed by atoms with Crippen LogP contribution < -0.4 is 0 Å². The zero-order valence-electron chi connectivity index (χ0n) is 13.3. The summed E-state index contributed by atoms with van der Waals surface area (Å²) in [5, 5.41) is 0. The lowest BCUT2D eigenvalue weighted by atomic mass is 9.97. The van der Waals surface area contributed by atoms with Crippen molar-refractivity contribution in [2.45, 2.75) is 31.7 Å². The quantitative estimate of drug-likeness (QED) is 0.838. The van der Waals surface area contributed by atoms with Gasteiger partial charge in [-0.15, -0.1) is 0 Å². The SMILES string of the molecule is CN1CCN(C(=O)C2CC2c2c(F)cccc2F)C(C)(C)C1.